The predicted molar refractivity (Wildman–Crippen MR) is 70.2 cm³/mol. The number of sulfonamides is 1. The van der Waals surface area contributed by atoms with Crippen molar-refractivity contribution in [3.8, 4) is 0 Å². The maximum atomic E-state index is 11.3. The zero-order chi connectivity index (χ0) is 14.6. The molecule has 0 spiro atoms. The van der Waals surface area contributed by atoms with Gasteiger partial charge in [0.25, 0.3) is 0 Å². The van der Waals surface area contributed by atoms with Crippen molar-refractivity contribution in [3.05, 3.63) is 29.3 Å². The Morgan fingerprint density at radius 3 is 2.32 bits per heavy atom. The van der Waals surface area contributed by atoms with Crippen LogP contribution in [0.5, 0.6) is 0 Å². The fraction of sp³-hybridized carbons (Fsp3) is 0.462. The molecular weight excluding hydrogens is 266 g/mol. The zero-order valence-electron chi connectivity index (χ0n) is 11.0. The molecule has 3 N–H and O–H groups in total. The summed E-state index contributed by atoms with van der Waals surface area (Å²) in [5, 5.41) is 14.3. The second kappa shape index (κ2) is 4.05. The molecule has 19 heavy (non-hydrogen) atoms. The van der Waals surface area contributed by atoms with E-state index in [-0.39, 0.29) is 16.2 Å². The number of aryl methyl sites for hydroxylation is 1. The van der Waals surface area contributed by atoms with Crippen LogP contribution in [0.15, 0.2) is 23.1 Å². The minimum Gasteiger partial charge on any atom is -0.481 e. The molecule has 0 unspecified atom stereocenters. The Kier molecular flexibility index (Phi) is 2.98. The third-order valence-electron chi connectivity index (χ3n) is 3.96. The summed E-state index contributed by atoms with van der Waals surface area (Å²) in [5.74, 6) is -1.33. The lowest BCUT2D eigenvalue weighted by Gasteiger charge is -2.07. The Morgan fingerprint density at radius 2 is 1.95 bits per heavy atom. The molecule has 2 rings (SSSR count). The Balaban J connectivity index is 2.41. The first kappa shape index (κ1) is 14.0. The van der Waals surface area contributed by atoms with Crippen LogP contribution in [-0.2, 0) is 14.8 Å². The first-order valence-electron chi connectivity index (χ1n) is 5.93. The van der Waals surface area contributed by atoms with E-state index in [0.717, 1.165) is 5.56 Å². The van der Waals surface area contributed by atoms with Crippen molar-refractivity contribution in [1.82, 2.24) is 0 Å². The number of hydrogen-bond donors (Lipinski definition) is 2. The van der Waals surface area contributed by atoms with Crippen LogP contribution in [0.1, 0.15) is 30.9 Å². The molecule has 0 aromatic heterocycles. The van der Waals surface area contributed by atoms with Crippen molar-refractivity contribution in [3.63, 3.8) is 0 Å². The maximum Gasteiger partial charge on any atom is 0.307 e. The van der Waals surface area contributed by atoms with E-state index in [1.807, 2.05) is 13.8 Å². The first-order chi connectivity index (χ1) is 8.56. The quantitative estimate of drug-likeness (QED) is 0.877. The van der Waals surface area contributed by atoms with Gasteiger partial charge < -0.3 is 5.11 Å². The van der Waals surface area contributed by atoms with Crippen LogP contribution in [-0.4, -0.2) is 19.5 Å². The van der Waals surface area contributed by atoms with Gasteiger partial charge in [0.2, 0.25) is 10.0 Å². The van der Waals surface area contributed by atoms with Crippen molar-refractivity contribution in [1.29, 1.82) is 0 Å². The highest BCUT2D eigenvalue weighted by molar-refractivity contribution is 7.89. The molecule has 5 nitrogen and oxygen atoms in total. The number of carbonyl (C=O) groups is 1. The number of rotatable bonds is 3. The van der Waals surface area contributed by atoms with Gasteiger partial charge in [0.15, 0.2) is 0 Å². The Labute approximate surface area is 112 Å². The van der Waals surface area contributed by atoms with E-state index in [2.05, 4.69) is 0 Å². The fourth-order valence-electron chi connectivity index (χ4n) is 2.91. The monoisotopic (exact) mass is 283 g/mol. The molecule has 1 aliphatic rings. The Bertz CT molecular complexity index is 649. The summed E-state index contributed by atoms with van der Waals surface area (Å²) in [5.41, 5.74) is 1.09. The van der Waals surface area contributed by atoms with Crippen LogP contribution in [0.4, 0.5) is 0 Å². The lowest BCUT2D eigenvalue weighted by atomic mass is 10.0. The van der Waals surface area contributed by atoms with E-state index in [1.165, 1.54) is 6.07 Å². The molecule has 1 aromatic carbocycles. The molecule has 2 atom stereocenters. The summed E-state index contributed by atoms with van der Waals surface area (Å²) in [6.45, 7) is 5.47. The molecule has 0 radical (unpaired) electrons. The Morgan fingerprint density at radius 1 is 1.37 bits per heavy atom. The van der Waals surface area contributed by atoms with Crippen LogP contribution >= 0.6 is 0 Å². The molecule has 0 saturated heterocycles. The second-order valence-electron chi connectivity index (χ2n) is 5.68. The number of carboxylic acid groups (broad SMARTS) is 1. The zero-order valence-corrected chi connectivity index (χ0v) is 11.9. The van der Waals surface area contributed by atoms with Gasteiger partial charge in [0, 0.05) is 5.92 Å². The summed E-state index contributed by atoms with van der Waals surface area (Å²) < 4.78 is 22.7. The molecule has 104 valence electrons. The topological polar surface area (TPSA) is 97.5 Å². The molecule has 0 amide bonds. The van der Waals surface area contributed by atoms with Crippen molar-refractivity contribution < 1.29 is 18.3 Å². The van der Waals surface area contributed by atoms with Crippen molar-refractivity contribution in [2.24, 2.45) is 16.5 Å². The minimum absolute atomic E-state index is 0.0848. The van der Waals surface area contributed by atoms with Gasteiger partial charge in [-0.05, 0) is 29.5 Å². The van der Waals surface area contributed by atoms with Gasteiger partial charge in [0.05, 0.1) is 10.8 Å². The van der Waals surface area contributed by atoms with Gasteiger partial charge in [0.1, 0.15) is 0 Å². The molecule has 1 aliphatic carbocycles. The smallest absolute Gasteiger partial charge is 0.307 e. The van der Waals surface area contributed by atoms with Crippen molar-refractivity contribution in [2.45, 2.75) is 31.6 Å². The van der Waals surface area contributed by atoms with Crippen LogP contribution in [0.25, 0.3) is 0 Å². The molecule has 1 fully saturated rings. The maximum absolute atomic E-state index is 11.3. The van der Waals surface area contributed by atoms with E-state index in [1.54, 1.807) is 19.1 Å². The van der Waals surface area contributed by atoms with Crippen molar-refractivity contribution >= 4 is 16.0 Å². The summed E-state index contributed by atoms with van der Waals surface area (Å²) in [4.78, 5) is 11.2. The standard InChI is InChI=1S/C13H17NO4S/c1-7-6-8(4-5-9(7)19(14,17)18)10-11(12(15)16)13(10,2)3/h4-6,10-11H,1-3H3,(H,15,16)(H2,14,17,18)/t10-,11+/m1/s1. The van der Waals surface area contributed by atoms with Gasteiger partial charge in [-0.15, -0.1) is 0 Å². The number of primary sulfonamides is 1. The van der Waals surface area contributed by atoms with Gasteiger partial charge >= 0.3 is 5.97 Å². The highest BCUT2D eigenvalue weighted by Gasteiger charge is 2.62. The average Bonchev–Trinajstić information content (AvgIpc) is 2.79. The lowest BCUT2D eigenvalue weighted by Crippen LogP contribution is -2.13. The predicted octanol–water partition coefficient (Wildman–Crippen LogP) is 1.47. The number of aliphatic carboxylic acids is 1. The third kappa shape index (κ3) is 2.26. The normalized spacial score (nSPS) is 25.1. The molecule has 0 bridgehead atoms. The van der Waals surface area contributed by atoms with Gasteiger partial charge in [-0.2, -0.15) is 0 Å². The SMILES string of the molecule is Cc1cc([C@@H]2[C@@H](C(=O)O)C2(C)C)ccc1S(N)(=O)=O. The highest BCUT2D eigenvalue weighted by atomic mass is 32.2. The van der Waals surface area contributed by atoms with Crippen LogP contribution in [0.2, 0.25) is 0 Å². The summed E-state index contributed by atoms with van der Waals surface area (Å²) in [6.07, 6.45) is 0. The molecule has 0 heterocycles. The Hall–Kier alpha value is -1.40. The third-order valence-corrected chi connectivity index (χ3v) is 5.03. The summed E-state index contributed by atoms with van der Waals surface area (Å²) in [6, 6.07) is 4.82. The first-order valence-corrected chi connectivity index (χ1v) is 7.47. The lowest BCUT2D eigenvalue weighted by molar-refractivity contribution is -0.139. The van der Waals surface area contributed by atoms with Crippen LogP contribution in [0, 0.1) is 18.3 Å². The molecule has 6 heteroatoms. The summed E-state index contributed by atoms with van der Waals surface area (Å²) in [7, 11) is -3.73. The van der Waals surface area contributed by atoms with Gasteiger partial charge in [-0.1, -0.05) is 26.0 Å². The molecule has 0 aliphatic heterocycles. The van der Waals surface area contributed by atoms with Crippen LogP contribution < -0.4 is 5.14 Å². The summed E-state index contributed by atoms with van der Waals surface area (Å²) >= 11 is 0. The number of nitrogens with two attached hydrogens (primary N) is 1. The van der Waals surface area contributed by atoms with Gasteiger partial charge in [-0.25, -0.2) is 13.6 Å². The van der Waals surface area contributed by atoms with E-state index >= 15 is 0 Å². The van der Waals surface area contributed by atoms with E-state index in [9.17, 15) is 13.2 Å². The van der Waals surface area contributed by atoms with Crippen molar-refractivity contribution in [2.75, 3.05) is 0 Å². The average molecular weight is 283 g/mol. The molecule has 1 aromatic rings. The number of hydrogen-bond acceptors (Lipinski definition) is 3. The fourth-order valence-corrected chi connectivity index (χ4v) is 3.67. The van der Waals surface area contributed by atoms with Gasteiger partial charge in [-0.3, -0.25) is 4.79 Å². The van der Waals surface area contributed by atoms with E-state index in [4.69, 9.17) is 10.2 Å². The molecular formula is C13H17NO4S. The van der Waals surface area contributed by atoms with Crippen LogP contribution in [0.3, 0.4) is 0 Å². The minimum atomic E-state index is -3.73. The molecule has 1 saturated carbocycles. The van der Waals surface area contributed by atoms with E-state index < -0.39 is 21.9 Å². The second-order valence-corrected chi connectivity index (χ2v) is 7.21. The van der Waals surface area contributed by atoms with E-state index in [0.29, 0.717) is 5.56 Å². The number of benzene rings is 1. The highest BCUT2D eigenvalue weighted by Crippen LogP contribution is 2.64. The number of carboxylic acids is 1. The largest absolute Gasteiger partial charge is 0.481 e.